The van der Waals surface area contributed by atoms with Gasteiger partial charge in [-0.3, -0.25) is 9.59 Å². The summed E-state index contributed by atoms with van der Waals surface area (Å²) in [6, 6.07) is 7.36. The van der Waals surface area contributed by atoms with Gasteiger partial charge in [-0.15, -0.1) is 0 Å². The molecule has 2 aromatic rings. The van der Waals surface area contributed by atoms with Gasteiger partial charge in [-0.05, 0) is 24.1 Å². The Morgan fingerprint density at radius 3 is 2.28 bits per heavy atom. The average molecular weight is 342 g/mol. The Morgan fingerprint density at radius 2 is 1.72 bits per heavy atom. The molecule has 1 aliphatic rings. The van der Waals surface area contributed by atoms with Crippen molar-refractivity contribution in [2.24, 2.45) is 5.92 Å². The molecule has 130 valence electrons. The highest BCUT2D eigenvalue weighted by Gasteiger charge is 2.34. The summed E-state index contributed by atoms with van der Waals surface area (Å²) in [5.41, 5.74) is 0.827. The number of phenols is 2. The molecular formula is C19H18O6. The lowest BCUT2D eigenvalue weighted by Crippen LogP contribution is -2.25. The zero-order valence-electron chi connectivity index (χ0n) is 13.9. The van der Waals surface area contributed by atoms with Crippen LogP contribution in [0.4, 0.5) is 0 Å². The molecule has 2 N–H and O–H groups in total. The molecule has 0 aliphatic carbocycles. The van der Waals surface area contributed by atoms with Gasteiger partial charge in [0.25, 0.3) is 0 Å². The Balaban J connectivity index is 2.09. The second-order valence-corrected chi connectivity index (χ2v) is 6.06. The van der Waals surface area contributed by atoms with Crippen LogP contribution < -0.4 is 9.47 Å². The van der Waals surface area contributed by atoms with E-state index in [1.165, 1.54) is 0 Å². The van der Waals surface area contributed by atoms with Crippen molar-refractivity contribution in [3.63, 3.8) is 0 Å². The summed E-state index contributed by atoms with van der Waals surface area (Å²) >= 11 is 0. The second kappa shape index (κ2) is 6.47. The van der Waals surface area contributed by atoms with Crippen LogP contribution in [-0.2, 0) is 6.42 Å². The third-order valence-electron chi connectivity index (χ3n) is 4.54. The highest BCUT2D eigenvalue weighted by molar-refractivity contribution is 5.95. The maximum absolute atomic E-state index is 11.4. The van der Waals surface area contributed by atoms with Crippen molar-refractivity contribution in [1.82, 2.24) is 0 Å². The number of carbonyl (C=O) groups is 2. The molecule has 2 atom stereocenters. The minimum atomic E-state index is -0.565. The Labute approximate surface area is 144 Å². The fourth-order valence-corrected chi connectivity index (χ4v) is 3.20. The van der Waals surface area contributed by atoms with E-state index in [9.17, 15) is 19.8 Å². The van der Waals surface area contributed by atoms with Gasteiger partial charge in [-0.1, -0.05) is 19.1 Å². The Hall–Kier alpha value is -3.02. The first-order valence-electron chi connectivity index (χ1n) is 7.83. The third kappa shape index (κ3) is 2.69. The van der Waals surface area contributed by atoms with Crippen molar-refractivity contribution in [2.45, 2.75) is 19.4 Å². The summed E-state index contributed by atoms with van der Waals surface area (Å²) in [5, 5.41) is 20.4. The van der Waals surface area contributed by atoms with Crippen molar-refractivity contribution in [2.75, 3.05) is 7.11 Å². The third-order valence-corrected chi connectivity index (χ3v) is 4.54. The number of benzene rings is 2. The molecule has 0 saturated carbocycles. The zero-order chi connectivity index (χ0) is 18.1. The molecule has 2 unspecified atom stereocenters. The van der Waals surface area contributed by atoms with Crippen LogP contribution in [0.1, 0.15) is 44.9 Å². The number of hydrogen-bond acceptors (Lipinski definition) is 6. The van der Waals surface area contributed by atoms with Crippen LogP contribution in [0.3, 0.4) is 0 Å². The molecule has 0 bridgehead atoms. The van der Waals surface area contributed by atoms with Crippen LogP contribution in [0.15, 0.2) is 24.3 Å². The molecule has 3 rings (SSSR count). The van der Waals surface area contributed by atoms with Crippen LogP contribution in [0, 0.1) is 5.92 Å². The first-order valence-corrected chi connectivity index (χ1v) is 7.83. The summed E-state index contributed by atoms with van der Waals surface area (Å²) in [5.74, 6) is -0.0885. The van der Waals surface area contributed by atoms with E-state index in [0.29, 0.717) is 30.3 Å². The number of phenolic OH excluding ortho intramolecular Hbond substituents is 2. The van der Waals surface area contributed by atoms with Gasteiger partial charge in [0.15, 0.2) is 12.6 Å². The molecule has 0 fully saturated rings. The van der Waals surface area contributed by atoms with Crippen molar-refractivity contribution in [3.05, 3.63) is 46.5 Å². The van der Waals surface area contributed by atoms with E-state index >= 15 is 0 Å². The maximum Gasteiger partial charge on any atom is 0.157 e. The maximum atomic E-state index is 11.4. The lowest BCUT2D eigenvalue weighted by Gasteiger charge is -2.33. The van der Waals surface area contributed by atoms with Gasteiger partial charge in [-0.25, -0.2) is 0 Å². The Bertz CT molecular complexity index is 825. The summed E-state index contributed by atoms with van der Waals surface area (Å²) in [4.78, 5) is 22.6. The number of fused-ring (bicyclic) bond motifs is 1. The number of carbonyl (C=O) groups excluding carboxylic acids is 2. The summed E-state index contributed by atoms with van der Waals surface area (Å²) in [6.45, 7) is 1.95. The van der Waals surface area contributed by atoms with E-state index in [1.54, 1.807) is 7.11 Å². The molecule has 0 saturated heterocycles. The molecule has 6 heteroatoms. The molecule has 2 aromatic carbocycles. The van der Waals surface area contributed by atoms with E-state index in [-0.39, 0.29) is 34.6 Å². The monoisotopic (exact) mass is 342 g/mol. The van der Waals surface area contributed by atoms with Gasteiger partial charge >= 0.3 is 0 Å². The number of hydrogen-bond donors (Lipinski definition) is 2. The first-order chi connectivity index (χ1) is 12.0. The predicted molar refractivity (Wildman–Crippen MR) is 89.8 cm³/mol. The average Bonchev–Trinajstić information content (AvgIpc) is 2.63. The second-order valence-electron chi connectivity index (χ2n) is 6.06. The molecule has 1 heterocycles. The minimum Gasteiger partial charge on any atom is -0.507 e. The molecule has 1 aliphatic heterocycles. The Kier molecular flexibility index (Phi) is 4.35. The summed E-state index contributed by atoms with van der Waals surface area (Å²) < 4.78 is 11.1. The molecule has 0 amide bonds. The fourth-order valence-electron chi connectivity index (χ4n) is 3.20. The van der Waals surface area contributed by atoms with Crippen LogP contribution in [0.2, 0.25) is 0 Å². The number of aromatic hydroxyl groups is 2. The molecule has 0 aromatic heterocycles. The number of methoxy groups -OCH3 is 1. The van der Waals surface area contributed by atoms with Gasteiger partial charge in [0.05, 0.1) is 18.2 Å². The van der Waals surface area contributed by atoms with Crippen molar-refractivity contribution in [1.29, 1.82) is 0 Å². The SMILES string of the molecule is COc1ccc(C2Oc3c(C=O)c(O)c(C=O)c(O)c3CC2C)cc1. The molecule has 6 nitrogen and oxygen atoms in total. The summed E-state index contributed by atoms with van der Waals surface area (Å²) in [7, 11) is 1.58. The summed E-state index contributed by atoms with van der Waals surface area (Å²) in [6.07, 6.45) is 0.803. The quantitative estimate of drug-likeness (QED) is 0.830. The normalized spacial score (nSPS) is 18.8. The van der Waals surface area contributed by atoms with Crippen LogP contribution in [0.5, 0.6) is 23.0 Å². The van der Waals surface area contributed by atoms with Gasteiger partial charge in [0.2, 0.25) is 0 Å². The number of ether oxygens (including phenoxy) is 2. The molecule has 0 radical (unpaired) electrons. The van der Waals surface area contributed by atoms with Crippen LogP contribution >= 0.6 is 0 Å². The molecular weight excluding hydrogens is 324 g/mol. The van der Waals surface area contributed by atoms with Crippen molar-refractivity contribution < 1.29 is 29.3 Å². The Morgan fingerprint density at radius 1 is 1.08 bits per heavy atom. The van der Waals surface area contributed by atoms with Crippen LogP contribution in [-0.4, -0.2) is 29.9 Å². The van der Waals surface area contributed by atoms with E-state index in [0.717, 1.165) is 5.56 Å². The predicted octanol–water partition coefficient (Wildman–Crippen LogP) is 3.04. The highest BCUT2D eigenvalue weighted by atomic mass is 16.5. The first kappa shape index (κ1) is 16.8. The standard InChI is InChI=1S/C19H18O6/c1-10-7-13-16(22)14(8-20)17(23)15(9-21)19(13)25-18(10)11-3-5-12(24-2)6-4-11/h3-6,8-10,18,22-23H,7H2,1-2H3. The van der Waals surface area contributed by atoms with Gasteiger partial charge in [0, 0.05) is 11.5 Å². The lowest BCUT2D eigenvalue weighted by molar-refractivity contribution is 0.106. The molecule has 0 spiro atoms. The van der Waals surface area contributed by atoms with Gasteiger partial charge in [0.1, 0.15) is 29.1 Å². The van der Waals surface area contributed by atoms with Gasteiger partial charge in [-0.2, -0.15) is 0 Å². The largest absolute Gasteiger partial charge is 0.507 e. The number of aldehydes is 2. The lowest BCUT2D eigenvalue weighted by atomic mass is 9.86. The van der Waals surface area contributed by atoms with E-state index in [1.807, 2.05) is 31.2 Å². The zero-order valence-corrected chi connectivity index (χ0v) is 13.9. The van der Waals surface area contributed by atoms with E-state index in [4.69, 9.17) is 9.47 Å². The van der Waals surface area contributed by atoms with Crippen molar-refractivity contribution in [3.8, 4) is 23.0 Å². The van der Waals surface area contributed by atoms with Crippen LogP contribution in [0.25, 0.3) is 0 Å². The van der Waals surface area contributed by atoms with E-state index in [2.05, 4.69) is 0 Å². The fraction of sp³-hybridized carbons (Fsp3) is 0.263. The minimum absolute atomic E-state index is 0.0182. The highest BCUT2D eigenvalue weighted by Crippen LogP contribution is 2.48. The van der Waals surface area contributed by atoms with Crippen molar-refractivity contribution >= 4 is 12.6 Å². The topological polar surface area (TPSA) is 93.1 Å². The smallest absolute Gasteiger partial charge is 0.157 e. The number of rotatable bonds is 4. The van der Waals surface area contributed by atoms with E-state index < -0.39 is 5.75 Å². The van der Waals surface area contributed by atoms with Gasteiger partial charge < -0.3 is 19.7 Å². The molecule has 25 heavy (non-hydrogen) atoms.